The van der Waals surface area contributed by atoms with Crippen LogP contribution in [0.3, 0.4) is 0 Å². The molecule has 17 heteroatoms. The molecular weight excluding hydrogens is 678 g/mol. The lowest BCUT2D eigenvalue weighted by molar-refractivity contribution is -0.384. The van der Waals surface area contributed by atoms with Crippen LogP contribution in [0.25, 0.3) is 10.4 Å². The Bertz CT molecular complexity index is 1860. The molecule has 4 aromatic rings. The van der Waals surface area contributed by atoms with Crippen molar-refractivity contribution < 1.29 is 42.3 Å². The van der Waals surface area contributed by atoms with E-state index in [1.807, 2.05) is 0 Å². The number of benzene rings is 2. The van der Waals surface area contributed by atoms with Crippen LogP contribution in [0.15, 0.2) is 54.6 Å². The van der Waals surface area contributed by atoms with Crippen molar-refractivity contribution in [3.05, 3.63) is 93.0 Å². The number of carbonyl (C=O) groups excluding carboxylic acids is 3. The van der Waals surface area contributed by atoms with Gasteiger partial charge >= 0.3 is 12.2 Å². The minimum Gasteiger partial charge on any atom is -0.480 e. The number of amides is 3. The van der Waals surface area contributed by atoms with Crippen LogP contribution in [0.2, 0.25) is 0 Å². The van der Waals surface area contributed by atoms with Crippen molar-refractivity contribution in [1.29, 1.82) is 0 Å². The lowest BCUT2D eigenvalue weighted by atomic mass is 10.0. The fourth-order valence-electron chi connectivity index (χ4n) is 4.57. The predicted molar refractivity (Wildman–Crippen MR) is 180 cm³/mol. The van der Waals surface area contributed by atoms with Crippen LogP contribution >= 0.6 is 11.3 Å². The number of nitrogens with one attached hydrogen (secondary N) is 1. The number of non-ortho nitro benzene ring substituents is 1. The molecule has 4 rings (SSSR count). The molecule has 0 spiro atoms. The van der Waals surface area contributed by atoms with Crippen molar-refractivity contribution in [1.82, 2.24) is 15.1 Å². The highest BCUT2D eigenvalue weighted by atomic mass is 32.1. The van der Waals surface area contributed by atoms with E-state index in [9.17, 15) is 33.3 Å². The number of hydrogen-bond acceptors (Lipinski definition) is 11. The Morgan fingerprint density at radius 3 is 2.16 bits per heavy atom. The Labute approximate surface area is 289 Å². The van der Waals surface area contributed by atoms with E-state index in [0.717, 1.165) is 28.4 Å². The van der Waals surface area contributed by atoms with Gasteiger partial charge in [-0.3, -0.25) is 19.8 Å². The summed E-state index contributed by atoms with van der Waals surface area (Å²) in [7, 11) is 2.81. The highest BCUT2D eigenvalue weighted by Crippen LogP contribution is 2.44. The zero-order valence-electron chi connectivity index (χ0n) is 28.0. The van der Waals surface area contributed by atoms with E-state index in [1.165, 1.54) is 68.4 Å². The SMILES string of the molecule is CCOC(=O)N(Cc1c(F)cccc1F)c1sc(-c2ccc([N+](=O)[O-])cc2)c(CN(C)C(=O)OC(C)(C)C)c1C(=O)Nc1ccc(OC)nn1. The molecule has 1 N–H and O–H groups in total. The van der Waals surface area contributed by atoms with Crippen molar-refractivity contribution >= 4 is 45.9 Å². The molecule has 0 fully saturated rings. The number of ether oxygens (including phenoxy) is 3. The highest BCUT2D eigenvalue weighted by Gasteiger charge is 2.34. The summed E-state index contributed by atoms with van der Waals surface area (Å²) >= 11 is 0.873. The summed E-state index contributed by atoms with van der Waals surface area (Å²) in [4.78, 5) is 54.3. The van der Waals surface area contributed by atoms with Gasteiger partial charge in [0, 0.05) is 41.3 Å². The number of methoxy groups -OCH3 is 1. The van der Waals surface area contributed by atoms with Crippen LogP contribution in [0, 0.1) is 21.7 Å². The first kappa shape index (κ1) is 37.1. The molecule has 0 aliphatic carbocycles. The average molecular weight is 713 g/mol. The second-order valence-electron chi connectivity index (χ2n) is 11.6. The number of hydrogen-bond donors (Lipinski definition) is 1. The molecule has 0 aliphatic rings. The Kier molecular flexibility index (Phi) is 11.6. The van der Waals surface area contributed by atoms with Gasteiger partial charge in [0.05, 0.1) is 37.3 Å². The van der Waals surface area contributed by atoms with E-state index in [4.69, 9.17) is 14.2 Å². The summed E-state index contributed by atoms with van der Waals surface area (Å²) in [6, 6.07) is 11.5. The molecule has 50 heavy (non-hydrogen) atoms. The average Bonchev–Trinajstić information content (AvgIpc) is 3.42. The monoisotopic (exact) mass is 712 g/mol. The zero-order chi connectivity index (χ0) is 36.7. The van der Waals surface area contributed by atoms with Crippen LogP contribution in [-0.2, 0) is 22.6 Å². The second-order valence-corrected chi connectivity index (χ2v) is 12.6. The van der Waals surface area contributed by atoms with E-state index in [-0.39, 0.29) is 46.7 Å². The summed E-state index contributed by atoms with van der Waals surface area (Å²) in [6.45, 7) is 5.48. The van der Waals surface area contributed by atoms with Crippen molar-refractivity contribution in [2.45, 2.75) is 46.4 Å². The van der Waals surface area contributed by atoms with Gasteiger partial charge in [-0.05, 0) is 63.6 Å². The van der Waals surface area contributed by atoms with Gasteiger partial charge in [-0.25, -0.2) is 18.4 Å². The minimum absolute atomic E-state index is 0.0147. The van der Waals surface area contributed by atoms with E-state index < -0.39 is 52.4 Å². The van der Waals surface area contributed by atoms with Gasteiger partial charge in [-0.15, -0.1) is 21.5 Å². The van der Waals surface area contributed by atoms with Crippen molar-refractivity contribution in [3.63, 3.8) is 0 Å². The molecule has 0 saturated carbocycles. The number of rotatable bonds is 11. The van der Waals surface area contributed by atoms with E-state index in [2.05, 4.69) is 15.5 Å². The number of nitrogens with zero attached hydrogens (tertiary/aromatic N) is 5. The van der Waals surface area contributed by atoms with Crippen molar-refractivity contribution in [2.75, 3.05) is 31.0 Å². The van der Waals surface area contributed by atoms with Crippen LogP contribution in [0.5, 0.6) is 5.88 Å². The summed E-state index contributed by atoms with van der Waals surface area (Å²) in [5.74, 6) is -2.58. The molecule has 2 heterocycles. The maximum absolute atomic E-state index is 15.0. The molecular formula is C33H34F2N6O8S. The van der Waals surface area contributed by atoms with Gasteiger partial charge in [-0.2, -0.15) is 0 Å². The van der Waals surface area contributed by atoms with Crippen molar-refractivity contribution in [2.24, 2.45) is 0 Å². The van der Waals surface area contributed by atoms with Crippen LogP contribution in [-0.4, -0.2) is 64.5 Å². The number of nitro groups is 1. The summed E-state index contributed by atoms with van der Waals surface area (Å²) in [5.41, 5.74) is -1.19. The molecule has 2 aromatic heterocycles. The lowest BCUT2D eigenvalue weighted by Crippen LogP contribution is -2.35. The molecule has 0 unspecified atom stereocenters. The number of thiophene rings is 1. The van der Waals surface area contributed by atoms with Gasteiger partial charge in [0.1, 0.15) is 22.2 Å². The normalized spacial score (nSPS) is 11.0. The van der Waals surface area contributed by atoms with Crippen LogP contribution < -0.4 is 15.0 Å². The first-order valence-electron chi connectivity index (χ1n) is 15.0. The summed E-state index contributed by atoms with van der Waals surface area (Å²) in [6.07, 6.45) is -1.78. The van der Waals surface area contributed by atoms with E-state index >= 15 is 0 Å². The second kappa shape index (κ2) is 15.7. The van der Waals surface area contributed by atoms with Gasteiger partial charge in [0.15, 0.2) is 5.82 Å². The topological polar surface area (TPSA) is 166 Å². The highest BCUT2D eigenvalue weighted by molar-refractivity contribution is 7.20. The lowest BCUT2D eigenvalue weighted by Gasteiger charge is -2.25. The van der Waals surface area contributed by atoms with Gasteiger partial charge in [0.2, 0.25) is 5.88 Å². The molecule has 3 amide bonds. The molecule has 0 saturated heterocycles. The quantitative estimate of drug-likeness (QED) is 0.124. The Morgan fingerprint density at radius 2 is 1.62 bits per heavy atom. The largest absolute Gasteiger partial charge is 0.480 e. The molecule has 264 valence electrons. The minimum atomic E-state index is -1.03. The van der Waals surface area contributed by atoms with Crippen LogP contribution in [0.1, 0.15) is 49.2 Å². The van der Waals surface area contributed by atoms with Crippen molar-refractivity contribution in [3.8, 4) is 16.3 Å². The molecule has 0 atom stereocenters. The molecule has 0 radical (unpaired) electrons. The first-order valence-corrected chi connectivity index (χ1v) is 15.9. The maximum atomic E-state index is 15.0. The maximum Gasteiger partial charge on any atom is 0.415 e. The summed E-state index contributed by atoms with van der Waals surface area (Å²) < 4.78 is 45.8. The standard InChI is InChI=1S/C33H34F2N6O8S/c1-7-48-32(44)40(18-21-23(34)9-8-10-24(21)35)30-27(29(42)36-25-15-16-26(47-6)38-37-25)22(17-39(5)31(43)49-33(2,3)4)28(50-30)19-11-13-20(14-12-19)41(45)46/h8-16H,7,17-18H2,1-6H3,(H,36,37,42). The van der Waals surface area contributed by atoms with E-state index in [1.54, 1.807) is 20.8 Å². The molecule has 14 nitrogen and oxygen atoms in total. The van der Waals surface area contributed by atoms with Crippen LogP contribution in [0.4, 0.5) is 34.9 Å². The Hall–Kier alpha value is -5.71. The third kappa shape index (κ3) is 8.84. The number of halogens is 2. The summed E-state index contributed by atoms with van der Waals surface area (Å²) in [5, 5.41) is 21.7. The van der Waals surface area contributed by atoms with Gasteiger partial charge < -0.3 is 24.4 Å². The number of carbonyl (C=O) groups is 3. The fourth-order valence-corrected chi connectivity index (χ4v) is 5.88. The van der Waals surface area contributed by atoms with Gasteiger partial charge in [-0.1, -0.05) is 6.07 Å². The third-order valence-electron chi connectivity index (χ3n) is 6.86. The Balaban J connectivity index is 2.00. The zero-order valence-corrected chi connectivity index (χ0v) is 28.8. The predicted octanol–water partition coefficient (Wildman–Crippen LogP) is 7.18. The van der Waals surface area contributed by atoms with Gasteiger partial charge in [0.25, 0.3) is 11.6 Å². The number of aromatic nitrogens is 2. The fraction of sp³-hybridized carbons (Fsp3) is 0.303. The molecule has 0 bridgehead atoms. The number of nitro benzene ring substituents is 1. The number of anilines is 2. The first-order chi connectivity index (χ1) is 23.6. The Morgan fingerprint density at radius 1 is 0.960 bits per heavy atom. The third-order valence-corrected chi connectivity index (χ3v) is 8.16. The molecule has 0 aliphatic heterocycles. The van der Waals surface area contributed by atoms with E-state index in [0.29, 0.717) is 10.4 Å². The smallest absolute Gasteiger partial charge is 0.415 e. The molecule has 2 aromatic carbocycles.